The summed E-state index contributed by atoms with van der Waals surface area (Å²) in [7, 11) is 3.36. The Kier molecular flexibility index (Phi) is 7.18. The molecule has 1 N–H and O–H groups in total. The van der Waals surface area contributed by atoms with Crippen molar-refractivity contribution < 1.29 is 14.2 Å². The zero-order chi connectivity index (χ0) is 12.3. The van der Waals surface area contributed by atoms with Crippen LogP contribution in [0.15, 0.2) is 24.3 Å². The minimum absolute atomic E-state index is 0.715. The third-order valence-corrected chi connectivity index (χ3v) is 2.31. The Morgan fingerprint density at radius 2 is 1.65 bits per heavy atom. The van der Waals surface area contributed by atoms with E-state index in [4.69, 9.17) is 14.2 Å². The average Bonchev–Trinajstić information content (AvgIpc) is 2.38. The van der Waals surface area contributed by atoms with Crippen molar-refractivity contribution in [1.29, 1.82) is 0 Å². The van der Waals surface area contributed by atoms with Crippen molar-refractivity contribution in [2.24, 2.45) is 0 Å². The van der Waals surface area contributed by atoms with Gasteiger partial charge in [-0.2, -0.15) is 0 Å². The van der Waals surface area contributed by atoms with Gasteiger partial charge in [0.15, 0.2) is 0 Å². The van der Waals surface area contributed by atoms with Crippen LogP contribution in [-0.2, 0) is 4.74 Å². The lowest BCUT2D eigenvalue weighted by atomic mass is 10.3. The Hall–Kier alpha value is -1.26. The molecule has 0 spiro atoms. The molecule has 0 bridgehead atoms. The van der Waals surface area contributed by atoms with E-state index in [0.29, 0.717) is 6.61 Å². The maximum Gasteiger partial charge on any atom is 0.119 e. The van der Waals surface area contributed by atoms with Crippen molar-refractivity contribution in [2.45, 2.75) is 6.42 Å². The van der Waals surface area contributed by atoms with Crippen LogP contribution in [0.25, 0.3) is 0 Å². The normalized spacial score (nSPS) is 10.2. The summed E-state index contributed by atoms with van der Waals surface area (Å²) in [5.74, 6) is 1.72. The van der Waals surface area contributed by atoms with Gasteiger partial charge in [-0.3, -0.25) is 0 Å². The van der Waals surface area contributed by atoms with Gasteiger partial charge in [0.1, 0.15) is 11.5 Å². The zero-order valence-corrected chi connectivity index (χ0v) is 10.6. The minimum Gasteiger partial charge on any atom is -0.497 e. The Labute approximate surface area is 103 Å². The third kappa shape index (κ3) is 6.14. The molecule has 0 unspecified atom stereocenters. The molecule has 17 heavy (non-hydrogen) atoms. The molecule has 0 saturated carbocycles. The van der Waals surface area contributed by atoms with Gasteiger partial charge >= 0.3 is 0 Å². The summed E-state index contributed by atoms with van der Waals surface area (Å²) < 4.78 is 15.6. The largest absolute Gasteiger partial charge is 0.497 e. The van der Waals surface area contributed by atoms with Crippen LogP contribution in [0, 0.1) is 0 Å². The van der Waals surface area contributed by atoms with E-state index in [1.54, 1.807) is 14.2 Å². The highest BCUT2D eigenvalue weighted by molar-refractivity contribution is 5.31. The van der Waals surface area contributed by atoms with Crippen LogP contribution in [0.3, 0.4) is 0 Å². The van der Waals surface area contributed by atoms with Crippen molar-refractivity contribution >= 4 is 0 Å². The first kappa shape index (κ1) is 13.8. The molecule has 0 amide bonds. The maximum absolute atomic E-state index is 5.59. The van der Waals surface area contributed by atoms with Crippen LogP contribution in [-0.4, -0.2) is 40.5 Å². The molecule has 0 aliphatic heterocycles. The van der Waals surface area contributed by atoms with E-state index < -0.39 is 0 Å². The van der Waals surface area contributed by atoms with Gasteiger partial charge in [0.05, 0.1) is 20.3 Å². The highest BCUT2D eigenvalue weighted by Gasteiger charge is 1.95. The molecule has 1 aromatic carbocycles. The van der Waals surface area contributed by atoms with E-state index in [2.05, 4.69) is 5.32 Å². The molecule has 0 aromatic heterocycles. The van der Waals surface area contributed by atoms with E-state index in [1.165, 1.54) is 0 Å². The predicted molar refractivity (Wildman–Crippen MR) is 67.9 cm³/mol. The number of methoxy groups -OCH3 is 2. The number of rotatable bonds is 9. The van der Waals surface area contributed by atoms with Crippen LogP contribution in [0.5, 0.6) is 11.5 Å². The lowest BCUT2D eigenvalue weighted by Gasteiger charge is -2.07. The molecule has 0 heterocycles. The Morgan fingerprint density at radius 1 is 0.941 bits per heavy atom. The summed E-state index contributed by atoms with van der Waals surface area (Å²) in [4.78, 5) is 0. The number of benzene rings is 1. The van der Waals surface area contributed by atoms with Gasteiger partial charge in [0.25, 0.3) is 0 Å². The molecule has 1 aromatic rings. The van der Waals surface area contributed by atoms with E-state index in [9.17, 15) is 0 Å². The molecule has 0 aliphatic rings. The lowest BCUT2D eigenvalue weighted by Crippen LogP contribution is -2.21. The highest BCUT2D eigenvalue weighted by Crippen LogP contribution is 2.16. The Morgan fingerprint density at radius 3 is 2.29 bits per heavy atom. The van der Waals surface area contributed by atoms with Crippen LogP contribution in [0.4, 0.5) is 0 Å². The Bertz CT molecular complexity index is 287. The van der Waals surface area contributed by atoms with Crippen molar-refractivity contribution in [3.63, 3.8) is 0 Å². The number of ether oxygens (including phenoxy) is 3. The highest BCUT2D eigenvalue weighted by atomic mass is 16.5. The van der Waals surface area contributed by atoms with E-state index in [1.807, 2.05) is 24.3 Å². The predicted octanol–water partition coefficient (Wildman–Crippen LogP) is 1.70. The van der Waals surface area contributed by atoms with Crippen molar-refractivity contribution in [3.05, 3.63) is 24.3 Å². The summed E-state index contributed by atoms with van der Waals surface area (Å²) in [5, 5.41) is 3.27. The molecular weight excluding hydrogens is 218 g/mol. The van der Waals surface area contributed by atoms with Gasteiger partial charge in [0.2, 0.25) is 0 Å². The van der Waals surface area contributed by atoms with Crippen LogP contribution in [0.1, 0.15) is 6.42 Å². The van der Waals surface area contributed by atoms with Gasteiger partial charge in [0, 0.05) is 13.7 Å². The first-order valence-corrected chi connectivity index (χ1v) is 5.83. The standard InChI is InChI=1S/C13H21NO3/c1-15-11-9-14-8-3-10-17-13-6-4-12(16-2)5-7-13/h4-7,14H,3,8-11H2,1-2H3. The van der Waals surface area contributed by atoms with Gasteiger partial charge < -0.3 is 19.5 Å². The van der Waals surface area contributed by atoms with Crippen molar-refractivity contribution in [1.82, 2.24) is 5.32 Å². The minimum atomic E-state index is 0.715. The lowest BCUT2D eigenvalue weighted by molar-refractivity contribution is 0.198. The first-order chi connectivity index (χ1) is 8.36. The first-order valence-electron chi connectivity index (χ1n) is 5.83. The molecule has 1 rings (SSSR count). The molecular formula is C13H21NO3. The average molecular weight is 239 g/mol. The van der Waals surface area contributed by atoms with Gasteiger partial charge in [-0.05, 0) is 37.2 Å². The topological polar surface area (TPSA) is 39.7 Å². The smallest absolute Gasteiger partial charge is 0.119 e. The van der Waals surface area contributed by atoms with Gasteiger partial charge in [-0.15, -0.1) is 0 Å². The number of nitrogens with one attached hydrogen (secondary N) is 1. The van der Waals surface area contributed by atoms with Gasteiger partial charge in [-0.1, -0.05) is 0 Å². The molecule has 0 radical (unpaired) electrons. The van der Waals surface area contributed by atoms with E-state index in [0.717, 1.165) is 37.6 Å². The summed E-state index contributed by atoms with van der Waals surface area (Å²) >= 11 is 0. The summed E-state index contributed by atoms with van der Waals surface area (Å²) in [6, 6.07) is 7.62. The molecule has 4 nitrogen and oxygen atoms in total. The van der Waals surface area contributed by atoms with Crippen molar-refractivity contribution in [3.8, 4) is 11.5 Å². The van der Waals surface area contributed by atoms with Gasteiger partial charge in [-0.25, -0.2) is 0 Å². The molecule has 0 atom stereocenters. The fourth-order valence-electron chi connectivity index (χ4n) is 1.36. The van der Waals surface area contributed by atoms with Crippen LogP contribution in [0.2, 0.25) is 0 Å². The molecule has 4 heteroatoms. The summed E-state index contributed by atoms with van der Waals surface area (Å²) in [6.07, 6.45) is 0.982. The summed E-state index contributed by atoms with van der Waals surface area (Å²) in [6.45, 7) is 3.30. The Balaban J connectivity index is 2.05. The maximum atomic E-state index is 5.59. The fraction of sp³-hybridized carbons (Fsp3) is 0.538. The second kappa shape index (κ2) is 8.84. The fourth-order valence-corrected chi connectivity index (χ4v) is 1.36. The second-order valence-corrected chi connectivity index (χ2v) is 3.62. The molecule has 0 aliphatic carbocycles. The zero-order valence-electron chi connectivity index (χ0n) is 10.6. The second-order valence-electron chi connectivity index (χ2n) is 3.62. The molecule has 0 saturated heterocycles. The van der Waals surface area contributed by atoms with E-state index >= 15 is 0 Å². The van der Waals surface area contributed by atoms with Crippen LogP contribution >= 0.6 is 0 Å². The number of hydrogen-bond acceptors (Lipinski definition) is 4. The number of hydrogen-bond donors (Lipinski definition) is 1. The monoisotopic (exact) mass is 239 g/mol. The quantitative estimate of drug-likeness (QED) is 0.666. The van der Waals surface area contributed by atoms with Crippen molar-refractivity contribution in [2.75, 3.05) is 40.5 Å². The molecule has 0 fully saturated rings. The summed E-state index contributed by atoms with van der Waals surface area (Å²) in [5.41, 5.74) is 0. The SMILES string of the molecule is COCCNCCCOc1ccc(OC)cc1. The molecule has 96 valence electrons. The van der Waals surface area contributed by atoms with Crippen LogP contribution < -0.4 is 14.8 Å². The van der Waals surface area contributed by atoms with E-state index in [-0.39, 0.29) is 0 Å². The third-order valence-electron chi connectivity index (χ3n) is 2.31.